The van der Waals surface area contributed by atoms with E-state index in [4.69, 9.17) is 11.6 Å². The Balaban J connectivity index is 2.10. The van der Waals surface area contributed by atoms with Crippen LogP contribution in [-0.2, 0) is 12.7 Å². The first-order chi connectivity index (χ1) is 11.2. The van der Waals surface area contributed by atoms with Gasteiger partial charge in [-0.15, -0.1) is 0 Å². The van der Waals surface area contributed by atoms with Gasteiger partial charge in [-0.2, -0.15) is 13.2 Å². The highest BCUT2D eigenvalue weighted by atomic mass is 35.5. The third-order valence-corrected chi connectivity index (χ3v) is 3.60. The van der Waals surface area contributed by atoms with Crippen molar-refractivity contribution in [3.63, 3.8) is 0 Å². The summed E-state index contributed by atoms with van der Waals surface area (Å²) in [5, 5.41) is 2.50. The van der Waals surface area contributed by atoms with Crippen LogP contribution in [0.5, 0.6) is 0 Å². The van der Waals surface area contributed by atoms with Crippen molar-refractivity contribution in [2.24, 2.45) is 0 Å². The highest BCUT2D eigenvalue weighted by molar-refractivity contribution is 6.31. The maximum Gasteiger partial charge on any atom is 0.416 e. The van der Waals surface area contributed by atoms with Gasteiger partial charge in [0.05, 0.1) is 12.1 Å². The monoisotopic (exact) mass is 360 g/mol. The van der Waals surface area contributed by atoms with Crippen molar-refractivity contribution in [1.29, 1.82) is 0 Å². The Morgan fingerprint density at radius 1 is 1.21 bits per heavy atom. The molecular formula is C16H13ClF4N2O. The minimum absolute atomic E-state index is 0.0127. The number of carbonyl (C=O) groups excluding carboxylic acids is 1. The molecule has 2 aromatic carbocycles. The van der Waals surface area contributed by atoms with Crippen molar-refractivity contribution in [2.45, 2.75) is 12.7 Å². The minimum atomic E-state index is -4.51. The number of alkyl halides is 3. The number of halogens is 5. The lowest BCUT2D eigenvalue weighted by Gasteiger charge is -2.19. The van der Waals surface area contributed by atoms with Crippen molar-refractivity contribution >= 4 is 23.3 Å². The van der Waals surface area contributed by atoms with Crippen LogP contribution in [-0.4, -0.2) is 18.0 Å². The van der Waals surface area contributed by atoms with Gasteiger partial charge < -0.3 is 10.2 Å². The second-order valence-electron chi connectivity index (χ2n) is 5.06. The summed E-state index contributed by atoms with van der Waals surface area (Å²) in [7, 11) is 1.38. The molecule has 0 unspecified atom stereocenters. The van der Waals surface area contributed by atoms with Crippen molar-refractivity contribution in [3.8, 4) is 0 Å². The summed E-state index contributed by atoms with van der Waals surface area (Å²) in [6.45, 7) is -0.129. The summed E-state index contributed by atoms with van der Waals surface area (Å²) >= 11 is 5.89. The third kappa shape index (κ3) is 4.38. The zero-order valence-corrected chi connectivity index (χ0v) is 13.2. The second-order valence-corrected chi connectivity index (χ2v) is 5.47. The zero-order chi connectivity index (χ0) is 17.9. The van der Waals surface area contributed by atoms with Gasteiger partial charge in [-0.3, -0.25) is 0 Å². The maximum absolute atomic E-state index is 13.7. The molecular weight excluding hydrogens is 348 g/mol. The first kappa shape index (κ1) is 18.1. The topological polar surface area (TPSA) is 32.3 Å². The van der Waals surface area contributed by atoms with Crippen LogP contribution in [0, 0.1) is 5.82 Å². The Kier molecular flexibility index (Phi) is 5.33. The fraction of sp³-hybridized carbons (Fsp3) is 0.188. The summed E-state index contributed by atoms with van der Waals surface area (Å²) in [6, 6.07) is 7.68. The van der Waals surface area contributed by atoms with Gasteiger partial charge >= 0.3 is 12.2 Å². The van der Waals surface area contributed by atoms with E-state index in [1.165, 1.54) is 37.4 Å². The Labute approximate surface area is 140 Å². The van der Waals surface area contributed by atoms with Gasteiger partial charge in [-0.05, 0) is 30.3 Å². The van der Waals surface area contributed by atoms with Gasteiger partial charge in [0.2, 0.25) is 0 Å². The molecule has 0 radical (unpaired) electrons. The van der Waals surface area contributed by atoms with Crippen LogP contribution in [0.3, 0.4) is 0 Å². The van der Waals surface area contributed by atoms with Crippen molar-refractivity contribution in [2.75, 3.05) is 12.4 Å². The predicted octanol–water partition coefficient (Wildman–Crippen LogP) is 5.16. The zero-order valence-electron chi connectivity index (χ0n) is 12.5. The van der Waals surface area contributed by atoms with Crippen molar-refractivity contribution < 1.29 is 22.4 Å². The lowest BCUT2D eigenvalue weighted by Crippen LogP contribution is -2.31. The van der Waals surface area contributed by atoms with Crippen LogP contribution in [0.1, 0.15) is 11.1 Å². The van der Waals surface area contributed by atoms with E-state index in [1.807, 2.05) is 0 Å². The lowest BCUT2D eigenvalue weighted by molar-refractivity contribution is -0.137. The molecule has 0 aromatic heterocycles. The Morgan fingerprint density at radius 2 is 1.88 bits per heavy atom. The van der Waals surface area contributed by atoms with Crippen LogP contribution in [0.4, 0.5) is 28.0 Å². The average molecular weight is 361 g/mol. The molecule has 0 aliphatic carbocycles. The molecule has 8 heteroatoms. The molecule has 0 aliphatic rings. The Hall–Kier alpha value is -2.28. The van der Waals surface area contributed by atoms with Crippen LogP contribution in [0.2, 0.25) is 5.02 Å². The second kappa shape index (κ2) is 7.09. The maximum atomic E-state index is 13.7. The number of amides is 2. The van der Waals surface area contributed by atoms with Gasteiger partial charge in [0, 0.05) is 23.3 Å². The molecule has 3 nitrogen and oxygen atoms in total. The Bertz CT molecular complexity index is 729. The average Bonchev–Trinajstić information content (AvgIpc) is 2.50. The molecule has 2 aromatic rings. The molecule has 0 spiro atoms. The number of anilines is 1. The fourth-order valence-electron chi connectivity index (χ4n) is 1.98. The molecule has 0 atom stereocenters. The largest absolute Gasteiger partial charge is 0.416 e. The molecule has 1 N–H and O–H groups in total. The van der Waals surface area contributed by atoms with Crippen LogP contribution in [0.15, 0.2) is 42.5 Å². The first-order valence-corrected chi connectivity index (χ1v) is 7.18. The summed E-state index contributed by atoms with van der Waals surface area (Å²) in [5.41, 5.74) is -0.762. The number of hydrogen-bond acceptors (Lipinski definition) is 1. The number of benzene rings is 2. The van der Waals surface area contributed by atoms with Gasteiger partial charge in [0.1, 0.15) is 5.82 Å². The Morgan fingerprint density at radius 3 is 2.50 bits per heavy atom. The van der Waals surface area contributed by atoms with Crippen LogP contribution in [0.25, 0.3) is 0 Å². The number of nitrogens with zero attached hydrogens (tertiary/aromatic N) is 1. The third-order valence-electron chi connectivity index (χ3n) is 3.24. The molecule has 0 bridgehead atoms. The van der Waals surface area contributed by atoms with E-state index in [-0.39, 0.29) is 22.8 Å². The summed E-state index contributed by atoms with van der Waals surface area (Å²) < 4.78 is 51.7. The van der Waals surface area contributed by atoms with E-state index in [2.05, 4.69) is 5.32 Å². The molecule has 0 saturated carbocycles. The number of carbonyl (C=O) groups is 1. The normalized spacial score (nSPS) is 11.2. The number of rotatable bonds is 3. The summed E-state index contributed by atoms with van der Waals surface area (Å²) in [5.74, 6) is -0.568. The van der Waals surface area contributed by atoms with Gasteiger partial charge in [-0.25, -0.2) is 9.18 Å². The first-order valence-electron chi connectivity index (χ1n) is 6.81. The van der Waals surface area contributed by atoms with E-state index >= 15 is 0 Å². The van der Waals surface area contributed by atoms with Crippen molar-refractivity contribution in [1.82, 2.24) is 4.90 Å². The SMILES string of the molecule is CN(Cc1c(F)cccc1Cl)C(=O)Nc1cccc(C(F)(F)F)c1. The standard InChI is InChI=1S/C16H13ClF4N2O/c1-23(9-12-13(17)6-3-7-14(12)18)15(24)22-11-5-2-4-10(8-11)16(19,20)21/h2-8H,9H2,1H3,(H,22,24). The molecule has 2 rings (SSSR count). The van der Waals surface area contributed by atoms with E-state index < -0.39 is 23.6 Å². The molecule has 2 amide bonds. The smallest absolute Gasteiger partial charge is 0.323 e. The number of nitrogens with one attached hydrogen (secondary N) is 1. The lowest BCUT2D eigenvalue weighted by atomic mass is 10.2. The van der Waals surface area contributed by atoms with E-state index in [1.54, 1.807) is 0 Å². The van der Waals surface area contributed by atoms with Crippen LogP contribution < -0.4 is 5.32 Å². The highest BCUT2D eigenvalue weighted by Gasteiger charge is 2.30. The quantitative estimate of drug-likeness (QED) is 0.753. The fourth-order valence-corrected chi connectivity index (χ4v) is 2.21. The van der Waals surface area contributed by atoms with Gasteiger partial charge in [-0.1, -0.05) is 23.7 Å². The van der Waals surface area contributed by atoms with E-state index in [0.29, 0.717) is 0 Å². The van der Waals surface area contributed by atoms with Gasteiger partial charge in [0.15, 0.2) is 0 Å². The molecule has 0 saturated heterocycles. The predicted molar refractivity (Wildman–Crippen MR) is 83.3 cm³/mol. The number of urea groups is 1. The van der Waals surface area contributed by atoms with Crippen LogP contribution >= 0.6 is 11.6 Å². The highest BCUT2D eigenvalue weighted by Crippen LogP contribution is 2.30. The van der Waals surface area contributed by atoms with Gasteiger partial charge in [0.25, 0.3) is 0 Å². The summed E-state index contributed by atoms with van der Waals surface area (Å²) in [4.78, 5) is 13.2. The summed E-state index contributed by atoms with van der Waals surface area (Å²) in [6.07, 6.45) is -4.51. The molecule has 0 heterocycles. The van der Waals surface area contributed by atoms with E-state index in [9.17, 15) is 22.4 Å². The molecule has 0 aliphatic heterocycles. The molecule has 24 heavy (non-hydrogen) atoms. The molecule has 0 fully saturated rings. The minimum Gasteiger partial charge on any atom is -0.323 e. The van der Waals surface area contributed by atoms with Crippen molar-refractivity contribution in [3.05, 3.63) is 64.4 Å². The number of hydrogen-bond donors (Lipinski definition) is 1. The van der Waals surface area contributed by atoms with E-state index in [0.717, 1.165) is 17.0 Å². The molecule has 128 valence electrons.